The summed E-state index contributed by atoms with van der Waals surface area (Å²) in [5, 5.41) is 0. The van der Waals surface area contributed by atoms with E-state index < -0.39 is 0 Å². The van der Waals surface area contributed by atoms with Crippen molar-refractivity contribution in [1.82, 2.24) is 4.98 Å². The van der Waals surface area contributed by atoms with E-state index in [1.807, 2.05) is 12.3 Å². The van der Waals surface area contributed by atoms with Gasteiger partial charge in [0, 0.05) is 31.5 Å². The van der Waals surface area contributed by atoms with Gasteiger partial charge < -0.3 is 10.6 Å². The van der Waals surface area contributed by atoms with Gasteiger partial charge in [0.2, 0.25) is 0 Å². The summed E-state index contributed by atoms with van der Waals surface area (Å²) in [6.45, 7) is 2.51. The topological polar surface area (TPSA) is 42.1 Å². The Labute approximate surface area is 120 Å². The molecule has 0 bridgehead atoms. The molecule has 1 aromatic carbocycles. The molecule has 0 saturated carbocycles. The van der Waals surface area contributed by atoms with Crippen molar-refractivity contribution < 1.29 is 0 Å². The van der Waals surface area contributed by atoms with Gasteiger partial charge in [-0.05, 0) is 42.5 Å². The maximum Gasteiger partial charge on any atom is 0.0589 e. The first-order valence-electron chi connectivity index (χ1n) is 7.34. The number of pyridine rings is 1. The second-order valence-corrected chi connectivity index (χ2v) is 5.32. The number of rotatable bonds is 3. The molecule has 0 spiro atoms. The number of nitrogens with two attached hydrogens (primary N) is 1. The summed E-state index contributed by atoms with van der Waals surface area (Å²) in [6.07, 6.45) is 5.52. The number of aromatic nitrogens is 1. The third kappa shape index (κ3) is 2.68. The zero-order valence-electron chi connectivity index (χ0n) is 11.8. The molecule has 2 N–H and O–H groups in total. The highest BCUT2D eigenvalue weighted by Gasteiger charge is 2.16. The summed E-state index contributed by atoms with van der Waals surface area (Å²) >= 11 is 0. The van der Waals surface area contributed by atoms with Crippen molar-refractivity contribution in [3.05, 3.63) is 59.4 Å². The number of benzene rings is 1. The number of aryl methyl sites for hydroxylation is 1. The van der Waals surface area contributed by atoms with E-state index in [9.17, 15) is 0 Å². The Morgan fingerprint density at radius 3 is 2.90 bits per heavy atom. The predicted octanol–water partition coefficient (Wildman–Crippen LogP) is 2.88. The van der Waals surface area contributed by atoms with Gasteiger partial charge in [-0.1, -0.05) is 24.3 Å². The summed E-state index contributed by atoms with van der Waals surface area (Å²) in [5.41, 5.74) is 10.9. The molecule has 0 radical (unpaired) electrons. The molecule has 0 aliphatic carbocycles. The van der Waals surface area contributed by atoms with Crippen molar-refractivity contribution in [1.29, 1.82) is 0 Å². The van der Waals surface area contributed by atoms with Gasteiger partial charge in [-0.3, -0.25) is 4.98 Å². The molecule has 0 amide bonds. The molecule has 1 aliphatic heterocycles. The van der Waals surface area contributed by atoms with Crippen LogP contribution in [-0.2, 0) is 19.5 Å². The third-order valence-electron chi connectivity index (χ3n) is 4.00. The van der Waals surface area contributed by atoms with Crippen LogP contribution in [-0.4, -0.2) is 11.5 Å². The van der Waals surface area contributed by atoms with Gasteiger partial charge >= 0.3 is 0 Å². The molecule has 0 unspecified atom stereocenters. The van der Waals surface area contributed by atoms with Crippen LogP contribution in [0.3, 0.4) is 0 Å². The third-order valence-corrected chi connectivity index (χ3v) is 4.00. The summed E-state index contributed by atoms with van der Waals surface area (Å²) in [7, 11) is 0. The highest BCUT2D eigenvalue weighted by Crippen LogP contribution is 2.27. The molecule has 3 nitrogen and oxygen atoms in total. The van der Waals surface area contributed by atoms with E-state index in [1.165, 1.54) is 36.1 Å². The molecule has 104 valence electrons. The van der Waals surface area contributed by atoms with Crippen LogP contribution in [0.15, 0.2) is 42.6 Å². The first-order chi connectivity index (χ1) is 9.88. The second-order valence-electron chi connectivity index (χ2n) is 5.32. The van der Waals surface area contributed by atoms with Gasteiger partial charge in [-0.2, -0.15) is 0 Å². The van der Waals surface area contributed by atoms with Crippen LogP contribution in [0.4, 0.5) is 5.69 Å². The van der Waals surface area contributed by atoms with E-state index in [0.717, 1.165) is 18.8 Å². The van der Waals surface area contributed by atoms with E-state index in [-0.39, 0.29) is 0 Å². The van der Waals surface area contributed by atoms with Crippen molar-refractivity contribution in [2.24, 2.45) is 5.73 Å². The Bertz CT molecular complexity index is 580. The molecule has 20 heavy (non-hydrogen) atoms. The molecule has 0 atom stereocenters. The van der Waals surface area contributed by atoms with E-state index in [4.69, 9.17) is 5.73 Å². The highest BCUT2D eigenvalue weighted by atomic mass is 15.1. The van der Waals surface area contributed by atoms with Crippen LogP contribution >= 0.6 is 0 Å². The first-order valence-corrected chi connectivity index (χ1v) is 7.34. The Kier molecular flexibility index (Phi) is 3.97. The minimum Gasteiger partial charge on any atom is -0.367 e. The van der Waals surface area contributed by atoms with Crippen molar-refractivity contribution in [3.63, 3.8) is 0 Å². The van der Waals surface area contributed by atoms with E-state index >= 15 is 0 Å². The smallest absolute Gasteiger partial charge is 0.0589 e. The minimum absolute atomic E-state index is 0.506. The van der Waals surface area contributed by atoms with Crippen LogP contribution in [0, 0.1) is 0 Å². The molecule has 0 fully saturated rings. The molecule has 2 aromatic rings. The van der Waals surface area contributed by atoms with Gasteiger partial charge in [0.05, 0.1) is 5.69 Å². The SMILES string of the molecule is NCc1ncccc1CN1CCCCc2ccccc21. The summed E-state index contributed by atoms with van der Waals surface area (Å²) < 4.78 is 0. The standard InChI is InChI=1S/C17H21N3/c18-12-16-15(8-5-10-19-16)13-20-11-4-3-7-14-6-1-2-9-17(14)20/h1-2,5-6,8-10H,3-4,7,11-13,18H2. The Morgan fingerprint density at radius 2 is 2.00 bits per heavy atom. The number of hydrogen-bond donors (Lipinski definition) is 1. The van der Waals surface area contributed by atoms with Crippen LogP contribution in [0.2, 0.25) is 0 Å². The summed E-state index contributed by atoms with van der Waals surface area (Å²) in [4.78, 5) is 6.86. The van der Waals surface area contributed by atoms with Gasteiger partial charge in [0.1, 0.15) is 0 Å². The highest BCUT2D eigenvalue weighted by molar-refractivity contribution is 5.54. The zero-order chi connectivity index (χ0) is 13.8. The molecule has 0 saturated heterocycles. The lowest BCUT2D eigenvalue weighted by atomic mass is 10.1. The number of nitrogens with zero attached hydrogens (tertiary/aromatic N) is 2. The predicted molar refractivity (Wildman–Crippen MR) is 82.6 cm³/mol. The molecule has 1 aromatic heterocycles. The Hall–Kier alpha value is -1.87. The lowest BCUT2D eigenvalue weighted by molar-refractivity contribution is 0.709. The van der Waals surface area contributed by atoms with E-state index in [1.54, 1.807) is 0 Å². The molecular formula is C17H21N3. The average Bonchev–Trinajstić information content (AvgIpc) is 2.71. The minimum atomic E-state index is 0.506. The van der Waals surface area contributed by atoms with Gasteiger partial charge in [-0.25, -0.2) is 0 Å². The van der Waals surface area contributed by atoms with E-state index in [0.29, 0.717) is 6.54 Å². The van der Waals surface area contributed by atoms with Crippen molar-refractivity contribution in [2.75, 3.05) is 11.4 Å². The Morgan fingerprint density at radius 1 is 1.10 bits per heavy atom. The van der Waals surface area contributed by atoms with Crippen LogP contribution in [0.5, 0.6) is 0 Å². The summed E-state index contributed by atoms with van der Waals surface area (Å²) in [5.74, 6) is 0. The number of para-hydroxylation sites is 1. The maximum atomic E-state index is 5.80. The van der Waals surface area contributed by atoms with Gasteiger partial charge in [0.25, 0.3) is 0 Å². The van der Waals surface area contributed by atoms with E-state index in [2.05, 4.69) is 40.2 Å². The monoisotopic (exact) mass is 267 g/mol. The van der Waals surface area contributed by atoms with Gasteiger partial charge in [-0.15, -0.1) is 0 Å². The lowest BCUT2D eigenvalue weighted by Gasteiger charge is -2.25. The summed E-state index contributed by atoms with van der Waals surface area (Å²) in [6, 6.07) is 12.9. The number of hydrogen-bond acceptors (Lipinski definition) is 3. The van der Waals surface area contributed by atoms with Crippen LogP contribution < -0.4 is 10.6 Å². The fraction of sp³-hybridized carbons (Fsp3) is 0.353. The molecule has 3 heteroatoms. The fourth-order valence-electron chi connectivity index (χ4n) is 2.94. The quantitative estimate of drug-likeness (QED) is 0.929. The first kappa shape index (κ1) is 13.1. The van der Waals surface area contributed by atoms with Crippen molar-refractivity contribution in [3.8, 4) is 0 Å². The van der Waals surface area contributed by atoms with Crippen LogP contribution in [0.1, 0.15) is 29.7 Å². The van der Waals surface area contributed by atoms with Crippen molar-refractivity contribution in [2.45, 2.75) is 32.4 Å². The average molecular weight is 267 g/mol. The van der Waals surface area contributed by atoms with Crippen molar-refractivity contribution >= 4 is 5.69 Å². The normalized spacial score (nSPS) is 14.8. The largest absolute Gasteiger partial charge is 0.367 e. The number of fused-ring (bicyclic) bond motifs is 1. The van der Waals surface area contributed by atoms with Gasteiger partial charge in [0.15, 0.2) is 0 Å². The fourth-order valence-corrected chi connectivity index (χ4v) is 2.94. The Balaban J connectivity index is 1.90. The molecule has 2 heterocycles. The molecular weight excluding hydrogens is 246 g/mol. The lowest BCUT2D eigenvalue weighted by Crippen LogP contribution is -2.24. The molecule has 3 rings (SSSR count). The second kappa shape index (κ2) is 6.06. The molecule has 1 aliphatic rings. The maximum absolute atomic E-state index is 5.80. The zero-order valence-corrected chi connectivity index (χ0v) is 11.8. The van der Waals surface area contributed by atoms with Crippen LogP contribution in [0.25, 0.3) is 0 Å². The number of anilines is 1.